The van der Waals surface area contributed by atoms with Gasteiger partial charge in [0, 0.05) is 18.7 Å². The second-order valence-electron chi connectivity index (χ2n) is 5.37. The molecule has 1 N–H and O–H groups in total. The van der Waals surface area contributed by atoms with Crippen molar-refractivity contribution in [1.82, 2.24) is 14.9 Å². The minimum atomic E-state index is 0.450. The summed E-state index contributed by atoms with van der Waals surface area (Å²) in [6, 6.07) is 1.11. The van der Waals surface area contributed by atoms with Crippen LogP contribution in [0.1, 0.15) is 51.3 Å². The molecule has 2 heterocycles. The Morgan fingerprint density at radius 1 is 1.50 bits per heavy atom. The fourth-order valence-electron chi connectivity index (χ4n) is 2.48. The van der Waals surface area contributed by atoms with Crippen LogP contribution in [-0.4, -0.2) is 28.7 Å². The van der Waals surface area contributed by atoms with E-state index in [9.17, 15) is 0 Å². The SMILES string of the molecule is CC(C)n1cncc1COCCC1CCCCN1. The van der Waals surface area contributed by atoms with E-state index in [1.165, 1.54) is 31.5 Å². The first-order valence-corrected chi connectivity index (χ1v) is 7.09. The Morgan fingerprint density at radius 2 is 2.39 bits per heavy atom. The lowest BCUT2D eigenvalue weighted by Gasteiger charge is -2.23. The molecule has 0 bridgehead atoms. The molecule has 0 aromatic carbocycles. The zero-order valence-corrected chi connectivity index (χ0v) is 11.6. The molecule has 0 spiro atoms. The van der Waals surface area contributed by atoms with Crippen LogP contribution in [0.2, 0.25) is 0 Å². The van der Waals surface area contributed by atoms with E-state index < -0.39 is 0 Å². The van der Waals surface area contributed by atoms with Gasteiger partial charge in [0.15, 0.2) is 0 Å². The molecule has 1 aromatic rings. The Morgan fingerprint density at radius 3 is 3.11 bits per heavy atom. The topological polar surface area (TPSA) is 39.1 Å². The summed E-state index contributed by atoms with van der Waals surface area (Å²) >= 11 is 0. The van der Waals surface area contributed by atoms with Crippen molar-refractivity contribution in [2.45, 2.75) is 58.2 Å². The molecule has 0 aliphatic carbocycles. The molecule has 0 radical (unpaired) electrons. The third-order valence-corrected chi connectivity index (χ3v) is 3.58. The number of imidazole rings is 1. The van der Waals surface area contributed by atoms with Gasteiger partial charge in [-0.05, 0) is 39.7 Å². The molecule has 4 heteroatoms. The predicted octanol–water partition coefficient (Wildman–Crippen LogP) is 2.51. The van der Waals surface area contributed by atoms with Gasteiger partial charge in [-0.3, -0.25) is 0 Å². The lowest BCUT2D eigenvalue weighted by Crippen LogP contribution is -2.34. The van der Waals surface area contributed by atoms with Crippen molar-refractivity contribution in [3.05, 3.63) is 18.2 Å². The van der Waals surface area contributed by atoms with Crippen LogP contribution in [0.4, 0.5) is 0 Å². The van der Waals surface area contributed by atoms with Gasteiger partial charge in [-0.25, -0.2) is 4.98 Å². The summed E-state index contributed by atoms with van der Waals surface area (Å²) in [6.45, 7) is 7.00. The van der Waals surface area contributed by atoms with Gasteiger partial charge in [0.05, 0.1) is 24.8 Å². The highest BCUT2D eigenvalue weighted by atomic mass is 16.5. The lowest BCUT2D eigenvalue weighted by atomic mass is 10.0. The summed E-state index contributed by atoms with van der Waals surface area (Å²) in [4.78, 5) is 4.18. The van der Waals surface area contributed by atoms with Gasteiger partial charge < -0.3 is 14.6 Å². The molecule has 0 saturated carbocycles. The Labute approximate surface area is 110 Å². The molecule has 0 amide bonds. The van der Waals surface area contributed by atoms with Crippen molar-refractivity contribution < 1.29 is 4.74 Å². The molecule has 1 aliphatic heterocycles. The van der Waals surface area contributed by atoms with Crippen molar-refractivity contribution in [2.75, 3.05) is 13.2 Å². The molecule has 18 heavy (non-hydrogen) atoms. The molecule has 1 fully saturated rings. The summed E-state index contributed by atoms with van der Waals surface area (Å²) in [5.74, 6) is 0. The second kappa shape index (κ2) is 6.90. The van der Waals surface area contributed by atoms with Crippen LogP contribution in [0.3, 0.4) is 0 Å². The Hall–Kier alpha value is -0.870. The van der Waals surface area contributed by atoms with E-state index in [0.717, 1.165) is 13.0 Å². The lowest BCUT2D eigenvalue weighted by molar-refractivity contribution is 0.103. The summed E-state index contributed by atoms with van der Waals surface area (Å²) in [5.41, 5.74) is 1.17. The maximum Gasteiger partial charge on any atom is 0.0951 e. The average Bonchev–Trinajstić information content (AvgIpc) is 2.84. The maximum atomic E-state index is 5.77. The summed E-state index contributed by atoms with van der Waals surface area (Å²) in [7, 11) is 0. The summed E-state index contributed by atoms with van der Waals surface area (Å²) in [5, 5.41) is 3.54. The number of nitrogens with zero attached hydrogens (tertiary/aromatic N) is 2. The second-order valence-corrected chi connectivity index (χ2v) is 5.37. The molecule has 1 aromatic heterocycles. The van der Waals surface area contributed by atoms with E-state index in [4.69, 9.17) is 4.74 Å². The first kappa shape index (κ1) is 13.6. The highest BCUT2D eigenvalue weighted by Gasteiger charge is 2.12. The van der Waals surface area contributed by atoms with E-state index in [0.29, 0.717) is 18.7 Å². The number of hydrogen-bond donors (Lipinski definition) is 1. The number of hydrogen-bond acceptors (Lipinski definition) is 3. The number of piperidine rings is 1. The van der Waals surface area contributed by atoms with Crippen molar-refractivity contribution >= 4 is 0 Å². The molecule has 4 nitrogen and oxygen atoms in total. The van der Waals surface area contributed by atoms with Crippen LogP contribution >= 0.6 is 0 Å². The zero-order valence-electron chi connectivity index (χ0n) is 11.6. The Balaban J connectivity index is 1.66. The van der Waals surface area contributed by atoms with Gasteiger partial charge in [0.25, 0.3) is 0 Å². The first-order chi connectivity index (χ1) is 8.77. The van der Waals surface area contributed by atoms with Crippen LogP contribution in [-0.2, 0) is 11.3 Å². The smallest absolute Gasteiger partial charge is 0.0951 e. The van der Waals surface area contributed by atoms with E-state index in [1.807, 2.05) is 12.5 Å². The Bertz CT molecular complexity index is 343. The molecule has 1 atom stereocenters. The normalized spacial score (nSPS) is 20.5. The van der Waals surface area contributed by atoms with Gasteiger partial charge in [-0.1, -0.05) is 6.42 Å². The molecule has 102 valence electrons. The van der Waals surface area contributed by atoms with Crippen molar-refractivity contribution in [3.63, 3.8) is 0 Å². The van der Waals surface area contributed by atoms with Gasteiger partial charge in [0.1, 0.15) is 0 Å². The monoisotopic (exact) mass is 251 g/mol. The fourth-order valence-corrected chi connectivity index (χ4v) is 2.48. The fraction of sp³-hybridized carbons (Fsp3) is 0.786. The molecule has 2 rings (SSSR count). The molecule has 1 saturated heterocycles. The highest BCUT2D eigenvalue weighted by Crippen LogP contribution is 2.12. The molecule has 1 unspecified atom stereocenters. The van der Waals surface area contributed by atoms with Gasteiger partial charge in [0.2, 0.25) is 0 Å². The van der Waals surface area contributed by atoms with Gasteiger partial charge >= 0.3 is 0 Å². The first-order valence-electron chi connectivity index (χ1n) is 7.09. The summed E-state index contributed by atoms with van der Waals surface area (Å²) < 4.78 is 7.94. The van der Waals surface area contributed by atoms with Crippen molar-refractivity contribution in [2.24, 2.45) is 0 Å². The standard InChI is InChI=1S/C14H25N3O/c1-12(2)17-11-15-9-14(17)10-18-8-6-13-5-3-4-7-16-13/h9,11-13,16H,3-8,10H2,1-2H3. The van der Waals surface area contributed by atoms with E-state index in [-0.39, 0.29) is 0 Å². The number of rotatable bonds is 6. The minimum absolute atomic E-state index is 0.450. The molecular formula is C14H25N3O. The zero-order chi connectivity index (χ0) is 12.8. The predicted molar refractivity (Wildman–Crippen MR) is 72.5 cm³/mol. The van der Waals surface area contributed by atoms with E-state index in [2.05, 4.69) is 28.7 Å². The largest absolute Gasteiger partial charge is 0.375 e. The third kappa shape index (κ3) is 3.82. The Kier molecular flexibility index (Phi) is 5.20. The van der Waals surface area contributed by atoms with Crippen LogP contribution in [0.15, 0.2) is 12.5 Å². The van der Waals surface area contributed by atoms with Gasteiger partial charge in [-0.2, -0.15) is 0 Å². The van der Waals surface area contributed by atoms with Crippen molar-refractivity contribution in [1.29, 1.82) is 0 Å². The minimum Gasteiger partial charge on any atom is -0.375 e. The third-order valence-electron chi connectivity index (χ3n) is 3.58. The van der Waals surface area contributed by atoms with Crippen LogP contribution in [0.5, 0.6) is 0 Å². The number of aromatic nitrogens is 2. The number of ether oxygens (including phenoxy) is 1. The average molecular weight is 251 g/mol. The molecule has 1 aliphatic rings. The maximum absolute atomic E-state index is 5.77. The molecular weight excluding hydrogens is 226 g/mol. The highest BCUT2D eigenvalue weighted by molar-refractivity contribution is 4.97. The van der Waals surface area contributed by atoms with Crippen LogP contribution in [0.25, 0.3) is 0 Å². The van der Waals surface area contributed by atoms with E-state index in [1.54, 1.807) is 0 Å². The summed E-state index contributed by atoms with van der Waals surface area (Å²) in [6.07, 6.45) is 8.89. The van der Waals surface area contributed by atoms with E-state index >= 15 is 0 Å². The number of nitrogens with one attached hydrogen (secondary N) is 1. The van der Waals surface area contributed by atoms with Gasteiger partial charge in [-0.15, -0.1) is 0 Å². The van der Waals surface area contributed by atoms with Crippen LogP contribution in [0, 0.1) is 0 Å². The quantitative estimate of drug-likeness (QED) is 0.790. The van der Waals surface area contributed by atoms with Crippen LogP contribution < -0.4 is 5.32 Å². The van der Waals surface area contributed by atoms with Crippen molar-refractivity contribution in [3.8, 4) is 0 Å².